The van der Waals surface area contributed by atoms with Crippen LogP contribution in [0.25, 0.3) is 10.9 Å². The number of amides is 1. The van der Waals surface area contributed by atoms with Crippen LogP contribution < -0.4 is 5.43 Å². The molecule has 4 aromatic rings. The summed E-state index contributed by atoms with van der Waals surface area (Å²) in [7, 11) is 0. The predicted octanol–water partition coefficient (Wildman–Crippen LogP) is 5.99. The lowest BCUT2D eigenvalue weighted by Crippen LogP contribution is -2.20. The van der Waals surface area contributed by atoms with Gasteiger partial charge in [0.2, 0.25) is 5.91 Å². The van der Waals surface area contributed by atoms with Crippen LogP contribution in [-0.2, 0) is 23.2 Å². The first-order valence-corrected chi connectivity index (χ1v) is 11.3. The molecule has 0 aliphatic carbocycles. The Hall–Kier alpha value is -3.66. The first kappa shape index (κ1) is 22.5. The summed E-state index contributed by atoms with van der Waals surface area (Å²) in [6.07, 6.45) is 4.13. The maximum absolute atomic E-state index is 12.4. The predicted molar refractivity (Wildman–Crippen MR) is 137 cm³/mol. The van der Waals surface area contributed by atoms with Crippen LogP contribution in [-0.4, -0.2) is 16.7 Å². The Balaban J connectivity index is 1.46. The summed E-state index contributed by atoms with van der Waals surface area (Å²) in [5, 5.41) is 5.36. The standard InChI is InChI=1S/C29H31N3O/c1-21-9-5-6-10-23(21)19-32-20-24(26-11-7-8-12-27(26)32)18-30-31-28(33)17-22-13-15-25(16-14-22)29(2,3)4/h5-16,18,20H,17,19H2,1-4H3,(H,31,33)/b30-18-. The third-order valence-electron chi connectivity index (χ3n) is 6.00. The Morgan fingerprint density at radius 2 is 1.67 bits per heavy atom. The zero-order chi connectivity index (χ0) is 23.4. The van der Waals surface area contributed by atoms with Crippen LogP contribution in [0.2, 0.25) is 0 Å². The molecule has 0 aliphatic rings. The molecule has 4 rings (SSSR count). The van der Waals surface area contributed by atoms with Gasteiger partial charge in [-0.05, 0) is 40.7 Å². The number of benzene rings is 3. The van der Waals surface area contributed by atoms with E-state index in [1.165, 1.54) is 16.7 Å². The molecule has 3 aromatic carbocycles. The summed E-state index contributed by atoms with van der Waals surface area (Å²) in [4.78, 5) is 12.4. The van der Waals surface area contributed by atoms with E-state index >= 15 is 0 Å². The molecule has 1 heterocycles. The quantitative estimate of drug-likeness (QED) is 0.292. The summed E-state index contributed by atoms with van der Waals surface area (Å²) in [5.74, 6) is -0.126. The number of hydrogen-bond acceptors (Lipinski definition) is 2. The summed E-state index contributed by atoms with van der Waals surface area (Å²) < 4.78 is 2.23. The van der Waals surface area contributed by atoms with Gasteiger partial charge in [-0.3, -0.25) is 4.79 Å². The van der Waals surface area contributed by atoms with Gasteiger partial charge in [0.25, 0.3) is 0 Å². The zero-order valence-corrected chi connectivity index (χ0v) is 19.8. The Labute approximate surface area is 196 Å². The fraction of sp³-hybridized carbons (Fsp3) is 0.241. The van der Waals surface area contributed by atoms with Crippen molar-refractivity contribution in [1.82, 2.24) is 9.99 Å². The molecule has 0 fully saturated rings. The van der Waals surface area contributed by atoms with E-state index in [4.69, 9.17) is 0 Å². The number of para-hydroxylation sites is 1. The molecule has 0 bridgehead atoms. The minimum atomic E-state index is -0.126. The Kier molecular flexibility index (Phi) is 6.45. The van der Waals surface area contributed by atoms with Crippen LogP contribution >= 0.6 is 0 Å². The molecular weight excluding hydrogens is 406 g/mol. The van der Waals surface area contributed by atoms with Crippen molar-refractivity contribution in [3.63, 3.8) is 0 Å². The zero-order valence-electron chi connectivity index (χ0n) is 19.8. The monoisotopic (exact) mass is 437 g/mol. The number of hydrazone groups is 1. The Morgan fingerprint density at radius 3 is 2.39 bits per heavy atom. The molecule has 168 valence electrons. The van der Waals surface area contributed by atoms with Crippen LogP contribution in [0.5, 0.6) is 0 Å². The molecule has 4 heteroatoms. The fourth-order valence-corrected chi connectivity index (χ4v) is 4.00. The van der Waals surface area contributed by atoms with Crippen molar-refractivity contribution in [2.24, 2.45) is 5.10 Å². The lowest BCUT2D eigenvalue weighted by Gasteiger charge is -2.19. The number of aryl methyl sites for hydroxylation is 1. The second-order valence-electron chi connectivity index (χ2n) is 9.57. The molecule has 0 saturated carbocycles. The first-order chi connectivity index (χ1) is 15.8. The van der Waals surface area contributed by atoms with Gasteiger partial charge in [-0.1, -0.05) is 87.5 Å². The van der Waals surface area contributed by atoms with Crippen LogP contribution in [0, 0.1) is 6.92 Å². The summed E-state index contributed by atoms with van der Waals surface area (Å²) in [6, 6.07) is 24.9. The van der Waals surface area contributed by atoms with Crippen molar-refractivity contribution >= 4 is 23.0 Å². The van der Waals surface area contributed by atoms with Crippen LogP contribution in [0.15, 0.2) is 84.1 Å². The number of carbonyl (C=O) groups excluding carboxylic acids is 1. The van der Waals surface area contributed by atoms with Gasteiger partial charge in [0.1, 0.15) is 0 Å². The smallest absolute Gasteiger partial charge is 0.244 e. The molecule has 1 N–H and O–H groups in total. The highest BCUT2D eigenvalue weighted by Crippen LogP contribution is 2.23. The van der Waals surface area contributed by atoms with Gasteiger partial charge in [0, 0.05) is 29.2 Å². The average Bonchev–Trinajstić information content (AvgIpc) is 3.13. The minimum Gasteiger partial charge on any atom is -0.342 e. The molecule has 0 atom stereocenters. The molecule has 0 unspecified atom stereocenters. The van der Waals surface area contributed by atoms with E-state index in [1.807, 2.05) is 24.3 Å². The Morgan fingerprint density at radius 1 is 0.970 bits per heavy atom. The van der Waals surface area contributed by atoms with E-state index in [1.54, 1.807) is 6.21 Å². The van der Waals surface area contributed by atoms with E-state index in [0.717, 1.165) is 28.6 Å². The number of hydrogen-bond donors (Lipinski definition) is 1. The average molecular weight is 438 g/mol. The third kappa shape index (κ3) is 5.40. The van der Waals surface area contributed by atoms with Crippen LogP contribution in [0.3, 0.4) is 0 Å². The largest absolute Gasteiger partial charge is 0.342 e. The third-order valence-corrected chi connectivity index (χ3v) is 6.00. The first-order valence-electron chi connectivity index (χ1n) is 11.3. The van der Waals surface area contributed by atoms with E-state index in [2.05, 4.69) is 97.5 Å². The number of fused-ring (bicyclic) bond motifs is 1. The molecule has 0 spiro atoms. The number of carbonyl (C=O) groups is 1. The highest BCUT2D eigenvalue weighted by molar-refractivity contribution is 5.99. The van der Waals surface area contributed by atoms with E-state index < -0.39 is 0 Å². The van der Waals surface area contributed by atoms with Crippen molar-refractivity contribution in [3.8, 4) is 0 Å². The maximum Gasteiger partial charge on any atom is 0.244 e. The summed E-state index contributed by atoms with van der Waals surface area (Å²) in [6.45, 7) is 9.47. The molecular formula is C29H31N3O. The topological polar surface area (TPSA) is 46.4 Å². The van der Waals surface area contributed by atoms with Gasteiger partial charge < -0.3 is 4.57 Å². The van der Waals surface area contributed by atoms with E-state index in [9.17, 15) is 4.79 Å². The summed E-state index contributed by atoms with van der Waals surface area (Å²) >= 11 is 0. The van der Waals surface area contributed by atoms with E-state index in [0.29, 0.717) is 6.42 Å². The van der Waals surface area contributed by atoms with Crippen LogP contribution in [0.4, 0.5) is 0 Å². The molecule has 4 nitrogen and oxygen atoms in total. The number of nitrogens with zero attached hydrogens (tertiary/aromatic N) is 2. The van der Waals surface area contributed by atoms with Gasteiger partial charge in [-0.25, -0.2) is 5.43 Å². The maximum atomic E-state index is 12.4. The van der Waals surface area contributed by atoms with Crippen molar-refractivity contribution < 1.29 is 4.79 Å². The molecule has 0 aliphatic heterocycles. The van der Waals surface area contributed by atoms with Crippen LogP contribution in [0.1, 0.15) is 48.6 Å². The molecule has 0 radical (unpaired) electrons. The highest BCUT2D eigenvalue weighted by Gasteiger charge is 2.13. The van der Waals surface area contributed by atoms with Gasteiger partial charge in [0.05, 0.1) is 12.6 Å². The van der Waals surface area contributed by atoms with Gasteiger partial charge in [-0.2, -0.15) is 5.10 Å². The summed E-state index contributed by atoms with van der Waals surface area (Å²) in [5.41, 5.74) is 9.70. The van der Waals surface area contributed by atoms with Gasteiger partial charge in [-0.15, -0.1) is 0 Å². The molecule has 1 amide bonds. The second kappa shape index (κ2) is 9.45. The van der Waals surface area contributed by atoms with Gasteiger partial charge in [0.15, 0.2) is 0 Å². The minimum absolute atomic E-state index is 0.101. The van der Waals surface area contributed by atoms with Crippen molar-refractivity contribution in [2.75, 3.05) is 0 Å². The number of aromatic nitrogens is 1. The molecule has 33 heavy (non-hydrogen) atoms. The normalized spacial score (nSPS) is 11.9. The lowest BCUT2D eigenvalue weighted by molar-refractivity contribution is -0.120. The fourth-order valence-electron chi connectivity index (χ4n) is 4.00. The van der Waals surface area contributed by atoms with Crippen molar-refractivity contribution in [2.45, 2.75) is 46.1 Å². The molecule has 0 saturated heterocycles. The van der Waals surface area contributed by atoms with Gasteiger partial charge >= 0.3 is 0 Å². The highest BCUT2D eigenvalue weighted by atomic mass is 16.2. The van der Waals surface area contributed by atoms with Crippen molar-refractivity contribution in [3.05, 3.63) is 107 Å². The number of rotatable bonds is 6. The lowest BCUT2D eigenvalue weighted by atomic mass is 9.86. The Bertz CT molecular complexity index is 1290. The van der Waals surface area contributed by atoms with Crippen molar-refractivity contribution in [1.29, 1.82) is 0 Å². The molecule has 1 aromatic heterocycles. The SMILES string of the molecule is Cc1ccccc1Cn1cc(/C=N\NC(=O)Cc2ccc(C(C)(C)C)cc2)c2ccccc21. The van der Waals surface area contributed by atoms with E-state index in [-0.39, 0.29) is 11.3 Å². The second-order valence-corrected chi connectivity index (χ2v) is 9.57. The number of nitrogens with one attached hydrogen (secondary N) is 1.